The lowest BCUT2D eigenvalue weighted by Crippen LogP contribution is -2.56. The van der Waals surface area contributed by atoms with Gasteiger partial charge in [-0.25, -0.2) is 24.7 Å². The number of carbonyl (C=O) groups is 2. The molecule has 0 bridgehead atoms. The Bertz CT molecular complexity index is 778. The van der Waals surface area contributed by atoms with Crippen LogP contribution in [0.4, 0.5) is 4.79 Å². The molecule has 29 heavy (non-hydrogen) atoms. The fourth-order valence-electron chi connectivity index (χ4n) is 3.17. The van der Waals surface area contributed by atoms with Gasteiger partial charge in [-0.3, -0.25) is 0 Å². The molecule has 0 aliphatic carbocycles. The normalized spacial score (nSPS) is 23.4. The predicted molar refractivity (Wildman–Crippen MR) is 107 cm³/mol. The Morgan fingerprint density at radius 3 is 2.69 bits per heavy atom. The van der Waals surface area contributed by atoms with Gasteiger partial charge < -0.3 is 14.6 Å². The Morgan fingerprint density at radius 2 is 2.07 bits per heavy atom. The lowest BCUT2D eigenvalue weighted by atomic mass is 9.90. The summed E-state index contributed by atoms with van der Waals surface area (Å²) in [7, 11) is 0. The lowest BCUT2D eigenvalue weighted by molar-refractivity contribution is -0.190. The zero-order chi connectivity index (χ0) is 21.2. The first-order chi connectivity index (χ1) is 13.6. The van der Waals surface area contributed by atoms with Crippen LogP contribution in [-0.4, -0.2) is 40.2 Å². The molecule has 3 rings (SSSR count). The standard InChI is InChI=1S/C19H27N3O6S/c1-18(2,3)27-17(25)21-28-19(4,16(23)24)15-8-6-12-9-11(5-7-14(12)26-15)13-10-29-22-20-13/h5,7,9,13,15,20,22H,6,8,10H2,1-4H3,(H,21,25)(H,23,24)/t13?,15-,19+/m1/s1. The zero-order valence-electron chi connectivity index (χ0n) is 16.9. The minimum Gasteiger partial charge on any atom is -0.486 e. The number of aliphatic carboxylic acids is 1. The summed E-state index contributed by atoms with van der Waals surface area (Å²) in [5, 5.41) is 9.75. The first kappa shape index (κ1) is 21.7. The monoisotopic (exact) mass is 425 g/mol. The Hall–Kier alpha value is -2.01. The average Bonchev–Trinajstić information content (AvgIpc) is 3.18. The second-order valence-corrected chi connectivity index (χ2v) is 9.07. The van der Waals surface area contributed by atoms with Crippen molar-refractivity contribution >= 4 is 24.0 Å². The number of rotatable bonds is 5. The predicted octanol–water partition coefficient (Wildman–Crippen LogP) is 2.48. The van der Waals surface area contributed by atoms with E-state index in [0.29, 0.717) is 18.6 Å². The number of hydrogen-bond acceptors (Lipinski definition) is 8. The van der Waals surface area contributed by atoms with Crippen molar-refractivity contribution in [2.75, 3.05) is 5.75 Å². The van der Waals surface area contributed by atoms with Crippen LogP contribution in [0.2, 0.25) is 0 Å². The van der Waals surface area contributed by atoms with Crippen molar-refractivity contribution in [3.8, 4) is 5.75 Å². The molecular weight excluding hydrogens is 398 g/mol. The summed E-state index contributed by atoms with van der Waals surface area (Å²) < 4.78 is 11.1. The van der Waals surface area contributed by atoms with Crippen LogP contribution in [-0.2, 0) is 20.8 Å². The Labute approximate surface area is 173 Å². The summed E-state index contributed by atoms with van der Waals surface area (Å²) in [5.74, 6) is 0.303. The van der Waals surface area contributed by atoms with E-state index in [4.69, 9.17) is 14.3 Å². The summed E-state index contributed by atoms with van der Waals surface area (Å²) in [6.45, 7) is 6.48. The van der Waals surface area contributed by atoms with Crippen LogP contribution in [0, 0.1) is 0 Å². The molecule has 9 nitrogen and oxygen atoms in total. The molecule has 2 aliphatic rings. The van der Waals surface area contributed by atoms with Crippen LogP contribution in [0.5, 0.6) is 5.75 Å². The van der Waals surface area contributed by atoms with Gasteiger partial charge in [-0.15, -0.1) is 0 Å². The molecule has 0 aromatic heterocycles. The summed E-state index contributed by atoms with van der Waals surface area (Å²) in [4.78, 5) is 32.1. The lowest BCUT2D eigenvalue weighted by Gasteiger charge is -2.36. The van der Waals surface area contributed by atoms with Crippen molar-refractivity contribution in [2.24, 2.45) is 0 Å². The zero-order valence-corrected chi connectivity index (χ0v) is 17.7. The molecule has 1 aromatic rings. The van der Waals surface area contributed by atoms with E-state index >= 15 is 0 Å². The number of hydrogen-bond donors (Lipinski definition) is 4. The van der Waals surface area contributed by atoms with E-state index in [9.17, 15) is 14.7 Å². The third-order valence-corrected chi connectivity index (χ3v) is 5.53. The van der Waals surface area contributed by atoms with Crippen molar-refractivity contribution in [1.82, 2.24) is 15.7 Å². The number of carboxylic acids is 1. The highest BCUT2D eigenvalue weighted by molar-refractivity contribution is 7.97. The highest BCUT2D eigenvalue weighted by Crippen LogP contribution is 2.35. The number of nitrogens with one attached hydrogen (secondary N) is 3. The minimum absolute atomic E-state index is 0.216. The second-order valence-electron chi connectivity index (χ2n) is 8.24. The summed E-state index contributed by atoms with van der Waals surface area (Å²) in [5.41, 5.74) is 4.94. The van der Waals surface area contributed by atoms with E-state index < -0.39 is 29.4 Å². The number of ether oxygens (including phenoxy) is 2. The number of hydrazine groups is 1. The van der Waals surface area contributed by atoms with Crippen molar-refractivity contribution in [1.29, 1.82) is 0 Å². The van der Waals surface area contributed by atoms with Gasteiger partial charge in [0.25, 0.3) is 0 Å². The van der Waals surface area contributed by atoms with Crippen LogP contribution in [0.1, 0.15) is 51.3 Å². The maximum absolute atomic E-state index is 11.9. The molecule has 1 unspecified atom stereocenters. The van der Waals surface area contributed by atoms with Gasteiger partial charge in [-0.05, 0) is 57.7 Å². The van der Waals surface area contributed by atoms with Crippen LogP contribution < -0.4 is 20.5 Å². The van der Waals surface area contributed by atoms with Gasteiger partial charge in [0.05, 0.1) is 6.04 Å². The van der Waals surface area contributed by atoms with Crippen LogP contribution in [0.15, 0.2) is 18.2 Å². The topological polar surface area (TPSA) is 118 Å². The first-order valence-electron chi connectivity index (χ1n) is 9.41. The molecule has 1 aromatic carbocycles. The second kappa shape index (κ2) is 8.39. The number of amides is 1. The highest BCUT2D eigenvalue weighted by Gasteiger charge is 2.47. The van der Waals surface area contributed by atoms with E-state index in [2.05, 4.69) is 21.8 Å². The molecule has 1 amide bonds. The van der Waals surface area contributed by atoms with Crippen LogP contribution >= 0.6 is 11.9 Å². The van der Waals surface area contributed by atoms with Gasteiger partial charge in [0.2, 0.25) is 5.60 Å². The van der Waals surface area contributed by atoms with Gasteiger partial charge in [0.1, 0.15) is 17.5 Å². The minimum atomic E-state index is -1.78. The van der Waals surface area contributed by atoms with E-state index in [1.807, 2.05) is 12.1 Å². The summed E-state index contributed by atoms with van der Waals surface area (Å²) in [6.07, 6.45) is -0.573. The van der Waals surface area contributed by atoms with Crippen LogP contribution in [0.3, 0.4) is 0 Å². The highest BCUT2D eigenvalue weighted by atomic mass is 32.2. The molecular formula is C19H27N3O6S. The molecule has 1 fully saturated rings. The molecule has 4 N–H and O–H groups in total. The number of fused-ring (bicyclic) bond motifs is 1. The van der Waals surface area contributed by atoms with Crippen molar-refractivity contribution in [3.63, 3.8) is 0 Å². The molecule has 2 heterocycles. The molecule has 0 radical (unpaired) electrons. The molecule has 2 aliphatic heterocycles. The fraction of sp³-hybridized carbons (Fsp3) is 0.579. The summed E-state index contributed by atoms with van der Waals surface area (Å²) >= 11 is 1.61. The third kappa shape index (κ3) is 5.13. The molecule has 10 heteroatoms. The van der Waals surface area contributed by atoms with Crippen molar-refractivity contribution < 1.29 is 29.0 Å². The third-order valence-electron chi connectivity index (χ3n) is 4.77. The number of hydroxylamine groups is 1. The Balaban J connectivity index is 1.69. The van der Waals surface area contributed by atoms with Gasteiger partial charge in [-0.2, -0.15) is 5.48 Å². The maximum Gasteiger partial charge on any atom is 0.431 e. The number of carbonyl (C=O) groups excluding carboxylic acids is 1. The fourth-order valence-corrected chi connectivity index (χ4v) is 3.92. The van der Waals surface area contributed by atoms with E-state index in [1.54, 1.807) is 32.7 Å². The average molecular weight is 426 g/mol. The largest absolute Gasteiger partial charge is 0.486 e. The molecule has 0 spiro atoms. The Morgan fingerprint density at radius 1 is 1.31 bits per heavy atom. The van der Waals surface area contributed by atoms with Gasteiger partial charge in [0, 0.05) is 5.75 Å². The SMILES string of the molecule is CC(C)(C)OC(=O)NO[C@](C)(C(=O)O)[C@H]1CCc2cc(C3CSNN3)ccc2O1. The maximum atomic E-state index is 11.9. The van der Waals surface area contributed by atoms with Gasteiger partial charge in [-0.1, -0.05) is 24.1 Å². The van der Waals surface area contributed by atoms with E-state index in [0.717, 1.165) is 16.9 Å². The Kier molecular flexibility index (Phi) is 6.27. The van der Waals surface area contributed by atoms with Crippen molar-refractivity contribution in [3.05, 3.63) is 29.3 Å². The quantitative estimate of drug-likeness (QED) is 0.417. The van der Waals surface area contributed by atoms with Crippen molar-refractivity contribution in [2.45, 2.75) is 63.9 Å². The molecule has 3 atom stereocenters. The molecule has 160 valence electrons. The molecule has 0 saturated carbocycles. The summed E-state index contributed by atoms with van der Waals surface area (Å²) in [6, 6.07) is 6.11. The van der Waals surface area contributed by atoms with E-state index in [1.165, 1.54) is 6.92 Å². The number of benzene rings is 1. The van der Waals surface area contributed by atoms with Crippen LogP contribution in [0.25, 0.3) is 0 Å². The first-order valence-corrected chi connectivity index (χ1v) is 10.4. The smallest absolute Gasteiger partial charge is 0.431 e. The van der Waals surface area contributed by atoms with E-state index in [-0.39, 0.29) is 6.04 Å². The van der Waals surface area contributed by atoms with Gasteiger partial charge >= 0.3 is 12.1 Å². The number of aryl methyl sites for hydroxylation is 1. The molecule has 1 saturated heterocycles. The van der Waals surface area contributed by atoms with Gasteiger partial charge in [0.15, 0.2) is 0 Å². The number of carboxylic acid groups (broad SMARTS) is 1.